The number of nitrogens with zero attached hydrogens (tertiary/aromatic N) is 3. The van der Waals surface area contributed by atoms with Gasteiger partial charge in [-0.1, -0.05) is 24.3 Å². The first-order chi connectivity index (χ1) is 15.5. The number of rotatable bonds is 8. The summed E-state index contributed by atoms with van der Waals surface area (Å²) in [5, 5.41) is 10.3. The van der Waals surface area contributed by atoms with Crippen LogP contribution in [-0.4, -0.2) is 36.0 Å². The molecule has 1 amide bonds. The highest BCUT2D eigenvalue weighted by Crippen LogP contribution is 2.33. The smallest absolute Gasteiger partial charge is 0.272 e. The Balaban J connectivity index is 1.80. The number of benzene rings is 1. The number of aromatic nitrogens is 2. The summed E-state index contributed by atoms with van der Waals surface area (Å²) in [6.07, 6.45) is 2.61. The Morgan fingerprint density at radius 2 is 2.03 bits per heavy atom. The molecule has 3 rings (SSSR count). The maximum absolute atomic E-state index is 12.8. The first kappa shape index (κ1) is 23.1. The maximum Gasteiger partial charge on any atom is 0.272 e. The second-order valence-electron chi connectivity index (χ2n) is 7.03. The normalized spacial score (nSPS) is 12.8. The Hall–Kier alpha value is -3.56. The second-order valence-corrected chi connectivity index (χ2v) is 8.15. The van der Waals surface area contributed by atoms with Gasteiger partial charge in [0.1, 0.15) is 11.4 Å². The Kier molecular flexibility index (Phi) is 7.69. The molecule has 32 heavy (non-hydrogen) atoms. The van der Waals surface area contributed by atoms with E-state index in [1.165, 1.54) is 35.7 Å². The summed E-state index contributed by atoms with van der Waals surface area (Å²) < 4.78 is 1.05. The van der Waals surface area contributed by atoms with Gasteiger partial charge >= 0.3 is 0 Å². The van der Waals surface area contributed by atoms with Gasteiger partial charge < -0.3 is 16.4 Å². The maximum atomic E-state index is 12.8. The number of nitrogens with one attached hydrogen (secondary N) is 2. The Labute approximate surface area is 190 Å². The number of nitrogens with two attached hydrogens (primary N) is 1. The van der Waals surface area contributed by atoms with Crippen molar-refractivity contribution in [2.24, 2.45) is 10.7 Å². The molecule has 0 bridgehead atoms. The molecule has 0 aliphatic rings. The number of amides is 1. The molecule has 8 nitrogen and oxygen atoms in total. The van der Waals surface area contributed by atoms with Gasteiger partial charge in [-0.15, -0.1) is 11.3 Å². The molecule has 0 fully saturated rings. The van der Waals surface area contributed by atoms with Crippen molar-refractivity contribution in [3.63, 3.8) is 0 Å². The first-order valence-corrected chi connectivity index (χ1v) is 10.9. The lowest BCUT2D eigenvalue weighted by molar-refractivity contribution is 0.0933. The van der Waals surface area contributed by atoms with Crippen LogP contribution >= 0.6 is 11.3 Å². The molecule has 3 aromatic rings. The van der Waals surface area contributed by atoms with Crippen LogP contribution in [0.25, 0.3) is 16.1 Å². The lowest BCUT2D eigenvalue weighted by Gasteiger charge is -2.13. The molecule has 0 saturated heterocycles. The number of allylic oxidation sites excluding steroid dienone is 1. The molecule has 1 atom stereocenters. The van der Waals surface area contributed by atoms with Gasteiger partial charge in [0.25, 0.3) is 11.5 Å². The third kappa shape index (κ3) is 5.19. The van der Waals surface area contributed by atoms with E-state index in [4.69, 9.17) is 5.73 Å². The van der Waals surface area contributed by atoms with Gasteiger partial charge in [0.05, 0.1) is 6.04 Å². The van der Waals surface area contributed by atoms with Gasteiger partial charge in [-0.3, -0.25) is 14.6 Å². The summed E-state index contributed by atoms with van der Waals surface area (Å²) in [7, 11) is 3.48. The van der Waals surface area contributed by atoms with Crippen LogP contribution in [0.1, 0.15) is 33.9 Å². The van der Waals surface area contributed by atoms with Crippen LogP contribution in [0, 0.1) is 0 Å². The lowest BCUT2D eigenvalue weighted by Crippen LogP contribution is -2.31. The van der Waals surface area contributed by atoms with Gasteiger partial charge in [0.15, 0.2) is 0 Å². The van der Waals surface area contributed by atoms with Crippen LogP contribution in [0.5, 0.6) is 0 Å². The Morgan fingerprint density at radius 1 is 1.25 bits per heavy atom. The predicted molar refractivity (Wildman–Crippen MR) is 130 cm³/mol. The van der Waals surface area contributed by atoms with E-state index in [-0.39, 0.29) is 23.3 Å². The van der Waals surface area contributed by atoms with E-state index in [1.54, 1.807) is 18.4 Å². The van der Waals surface area contributed by atoms with Crippen molar-refractivity contribution in [1.82, 2.24) is 20.4 Å². The molecule has 0 aliphatic carbocycles. The summed E-state index contributed by atoms with van der Waals surface area (Å²) in [5.41, 5.74) is 7.93. The molecule has 0 saturated carbocycles. The fraction of sp³-hybridized carbons (Fsp3) is 0.217. The van der Waals surface area contributed by atoms with E-state index < -0.39 is 5.56 Å². The molecular weight excluding hydrogens is 424 g/mol. The van der Waals surface area contributed by atoms with E-state index in [1.807, 2.05) is 32.2 Å². The minimum Gasteiger partial charge on any atom is -0.403 e. The topological polar surface area (TPSA) is 114 Å². The molecule has 9 heteroatoms. The summed E-state index contributed by atoms with van der Waals surface area (Å²) in [5.74, 6) is -0.387. The van der Waals surface area contributed by atoms with Gasteiger partial charge in [0.2, 0.25) is 0 Å². The van der Waals surface area contributed by atoms with Crippen molar-refractivity contribution in [2.45, 2.75) is 19.5 Å². The summed E-state index contributed by atoms with van der Waals surface area (Å²) in [6.45, 7) is 2.69. The van der Waals surface area contributed by atoms with Gasteiger partial charge in [-0.05, 0) is 43.3 Å². The zero-order valence-corrected chi connectivity index (χ0v) is 19.0. The minimum atomic E-state index is -0.408. The van der Waals surface area contributed by atoms with Crippen LogP contribution in [0.3, 0.4) is 0 Å². The van der Waals surface area contributed by atoms with Crippen LogP contribution in [0.15, 0.2) is 64.5 Å². The monoisotopic (exact) mass is 450 g/mol. The SMILES string of the molecule is CN=CC(=CN)n1nc(C(=O)N[C@H](C)c2ccc(-c3ccccc3CNC)s2)ccc1=O. The van der Waals surface area contributed by atoms with Crippen molar-refractivity contribution >= 4 is 29.2 Å². The number of hydrogen-bond donors (Lipinski definition) is 3. The largest absolute Gasteiger partial charge is 0.403 e. The average Bonchev–Trinajstić information content (AvgIpc) is 3.29. The highest BCUT2D eigenvalue weighted by atomic mass is 32.1. The number of aliphatic imine (C=N–C) groups is 1. The van der Waals surface area contributed by atoms with Gasteiger partial charge in [-0.2, -0.15) is 9.78 Å². The van der Waals surface area contributed by atoms with E-state index >= 15 is 0 Å². The van der Waals surface area contributed by atoms with E-state index in [2.05, 4.69) is 38.9 Å². The van der Waals surface area contributed by atoms with Crippen molar-refractivity contribution in [3.05, 3.63) is 81.2 Å². The molecular formula is C23H26N6O2S. The van der Waals surface area contributed by atoms with Gasteiger partial charge in [0, 0.05) is 41.8 Å². The predicted octanol–water partition coefficient (Wildman–Crippen LogP) is 2.64. The first-order valence-electron chi connectivity index (χ1n) is 10.1. The van der Waals surface area contributed by atoms with E-state index in [0.29, 0.717) is 0 Å². The average molecular weight is 451 g/mol. The Bertz CT molecular complexity index is 1210. The van der Waals surface area contributed by atoms with Crippen molar-refractivity contribution in [1.29, 1.82) is 0 Å². The number of carbonyl (C=O) groups is 1. The number of thiophene rings is 1. The number of hydrogen-bond acceptors (Lipinski definition) is 7. The molecule has 2 aromatic heterocycles. The van der Waals surface area contributed by atoms with Crippen LogP contribution in [0.2, 0.25) is 0 Å². The molecule has 0 spiro atoms. The molecule has 1 aromatic carbocycles. The number of carbonyl (C=O) groups excluding carboxylic acids is 1. The van der Waals surface area contributed by atoms with Crippen LogP contribution in [0.4, 0.5) is 0 Å². The van der Waals surface area contributed by atoms with Crippen LogP contribution < -0.4 is 21.9 Å². The summed E-state index contributed by atoms with van der Waals surface area (Å²) >= 11 is 1.63. The third-order valence-electron chi connectivity index (χ3n) is 4.76. The highest BCUT2D eigenvalue weighted by Gasteiger charge is 2.17. The highest BCUT2D eigenvalue weighted by molar-refractivity contribution is 7.15. The van der Waals surface area contributed by atoms with E-state index in [9.17, 15) is 9.59 Å². The summed E-state index contributed by atoms with van der Waals surface area (Å²) in [4.78, 5) is 30.9. The van der Waals surface area contributed by atoms with Crippen molar-refractivity contribution in [3.8, 4) is 10.4 Å². The Morgan fingerprint density at radius 3 is 2.75 bits per heavy atom. The van der Waals surface area contributed by atoms with E-state index in [0.717, 1.165) is 21.0 Å². The standard InChI is InChI=1S/C23H26N6O2S/c1-15(20-9-10-21(32-20)18-7-5-4-6-16(18)13-25-2)27-23(31)19-8-11-22(30)29(28-19)17(12-24)14-26-3/h4-12,14-15,25H,13,24H2,1-3H3,(H,27,31)/t15-/m1/s1. The molecule has 4 N–H and O–H groups in total. The molecule has 166 valence electrons. The van der Waals surface area contributed by atoms with Crippen LogP contribution in [-0.2, 0) is 6.54 Å². The van der Waals surface area contributed by atoms with Gasteiger partial charge in [-0.25, -0.2) is 0 Å². The van der Waals surface area contributed by atoms with Crippen molar-refractivity contribution in [2.75, 3.05) is 14.1 Å². The zero-order chi connectivity index (χ0) is 23.1. The minimum absolute atomic E-state index is 0.108. The lowest BCUT2D eigenvalue weighted by atomic mass is 10.1. The quantitative estimate of drug-likeness (QED) is 0.457. The fourth-order valence-corrected chi connectivity index (χ4v) is 4.27. The summed E-state index contributed by atoms with van der Waals surface area (Å²) in [6, 6.07) is 14.8. The molecule has 0 unspecified atom stereocenters. The fourth-order valence-electron chi connectivity index (χ4n) is 3.20. The second kappa shape index (κ2) is 10.7. The zero-order valence-electron chi connectivity index (χ0n) is 18.2. The van der Waals surface area contributed by atoms with Crippen molar-refractivity contribution < 1.29 is 4.79 Å². The molecule has 2 heterocycles. The third-order valence-corrected chi connectivity index (χ3v) is 6.06. The molecule has 0 aliphatic heterocycles. The molecule has 0 radical (unpaired) electrons.